The van der Waals surface area contributed by atoms with Crippen LogP contribution in [0, 0.1) is 0 Å². The summed E-state index contributed by atoms with van der Waals surface area (Å²) in [6.45, 7) is 0. The maximum atomic E-state index is 10.9. The number of aliphatic hydroxyl groups is 1. The number of benzene rings is 1. The molecule has 1 N–H and O–H groups in total. The molecule has 0 bridgehead atoms. The summed E-state index contributed by atoms with van der Waals surface area (Å²) in [6.07, 6.45) is 0.263. The normalized spacial score (nSPS) is 13.7. The smallest absolute Gasteiger partial charge is 0.150 e. The Morgan fingerprint density at radius 3 is 2.75 bits per heavy atom. The lowest BCUT2D eigenvalue weighted by atomic mass is 10.4. The van der Waals surface area contributed by atoms with E-state index in [1.165, 1.54) is 11.8 Å². The van der Waals surface area contributed by atoms with E-state index >= 15 is 0 Å². The Balaban J connectivity index is 2.46. The number of rotatable bonds is 5. The zero-order chi connectivity index (χ0) is 12.2. The minimum atomic E-state index is -3.13. The third-order valence-corrected chi connectivity index (χ3v) is 4.10. The monoisotopic (exact) mass is 280 g/mol. The number of aliphatic hydroxyl groups excluding tert-OH is 1. The van der Waals surface area contributed by atoms with Crippen molar-refractivity contribution in [3.63, 3.8) is 0 Å². The third-order valence-electron chi connectivity index (χ3n) is 1.73. The van der Waals surface area contributed by atoms with Gasteiger partial charge >= 0.3 is 0 Å². The topological polar surface area (TPSA) is 54.4 Å². The Kier molecular flexibility index (Phi) is 5.11. The zero-order valence-corrected chi connectivity index (χ0v) is 11.1. The van der Waals surface area contributed by atoms with Gasteiger partial charge < -0.3 is 5.11 Å². The van der Waals surface area contributed by atoms with Crippen LogP contribution in [0.5, 0.6) is 0 Å². The number of sulfone groups is 1. The summed E-state index contributed by atoms with van der Waals surface area (Å²) in [5.74, 6) is 0.133. The van der Waals surface area contributed by atoms with E-state index in [4.69, 9.17) is 11.6 Å². The first-order chi connectivity index (χ1) is 7.37. The van der Waals surface area contributed by atoms with Gasteiger partial charge in [0.15, 0.2) is 0 Å². The molecule has 1 aromatic rings. The van der Waals surface area contributed by atoms with Crippen molar-refractivity contribution >= 4 is 33.2 Å². The second-order valence-electron chi connectivity index (χ2n) is 3.51. The average molecular weight is 281 g/mol. The summed E-state index contributed by atoms with van der Waals surface area (Å²) in [5, 5.41) is 10.1. The highest BCUT2D eigenvalue weighted by molar-refractivity contribution is 7.99. The van der Waals surface area contributed by atoms with Crippen molar-refractivity contribution in [2.75, 3.05) is 17.8 Å². The first-order valence-electron chi connectivity index (χ1n) is 4.61. The van der Waals surface area contributed by atoms with Crippen LogP contribution >= 0.6 is 23.4 Å². The van der Waals surface area contributed by atoms with Gasteiger partial charge in [-0.05, 0) is 18.2 Å². The molecule has 0 fully saturated rings. The number of thioether (sulfide) groups is 1. The quantitative estimate of drug-likeness (QED) is 0.836. The van der Waals surface area contributed by atoms with Gasteiger partial charge in [-0.1, -0.05) is 17.7 Å². The van der Waals surface area contributed by atoms with Gasteiger partial charge in [0.2, 0.25) is 0 Å². The highest BCUT2D eigenvalue weighted by atomic mass is 35.5. The predicted octanol–water partition coefficient (Wildman–Crippen LogP) is 1.84. The van der Waals surface area contributed by atoms with E-state index in [0.717, 1.165) is 11.2 Å². The second kappa shape index (κ2) is 5.91. The summed E-state index contributed by atoms with van der Waals surface area (Å²) in [7, 11) is -3.13. The van der Waals surface area contributed by atoms with E-state index < -0.39 is 15.9 Å². The van der Waals surface area contributed by atoms with Gasteiger partial charge in [0, 0.05) is 21.9 Å². The molecule has 0 aliphatic heterocycles. The Morgan fingerprint density at radius 2 is 2.19 bits per heavy atom. The van der Waals surface area contributed by atoms with Gasteiger partial charge in [-0.15, -0.1) is 11.8 Å². The minimum Gasteiger partial charge on any atom is -0.391 e. The molecule has 0 aliphatic carbocycles. The summed E-state index contributed by atoms with van der Waals surface area (Å²) in [4.78, 5) is 0.917. The van der Waals surface area contributed by atoms with Crippen LogP contribution in [0.2, 0.25) is 5.02 Å². The lowest BCUT2D eigenvalue weighted by Gasteiger charge is -2.08. The van der Waals surface area contributed by atoms with Gasteiger partial charge in [0.1, 0.15) is 9.84 Å². The number of halogens is 1. The fourth-order valence-electron chi connectivity index (χ4n) is 1.15. The van der Waals surface area contributed by atoms with Crippen molar-refractivity contribution in [1.82, 2.24) is 0 Å². The maximum Gasteiger partial charge on any atom is 0.150 e. The van der Waals surface area contributed by atoms with E-state index in [0.29, 0.717) is 10.8 Å². The number of hydrogen-bond donors (Lipinski definition) is 1. The molecule has 1 unspecified atom stereocenters. The molecule has 0 radical (unpaired) electrons. The van der Waals surface area contributed by atoms with E-state index in [-0.39, 0.29) is 5.75 Å². The van der Waals surface area contributed by atoms with E-state index in [1.807, 2.05) is 12.1 Å². The first-order valence-corrected chi connectivity index (χ1v) is 8.03. The Hall–Kier alpha value is -0.230. The van der Waals surface area contributed by atoms with Crippen LogP contribution in [0.3, 0.4) is 0 Å². The molecule has 0 aliphatic rings. The second-order valence-corrected chi connectivity index (χ2v) is 7.23. The van der Waals surface area contributed by atoms with E-state index in [9.17, 15) is 13.5 Å². The fraction of sp³-hybridized carbons (Fsp3) is 0.400. The minimum absolute atomic E-state index is 0.208. The lowest BCUT2D eigenvalue weighted by molar-refractivity contribution is 0.223. The van der Waals surface area contributed by atoms with Gasteiger partial charge in [-0.3, -0.25) is 0 Å². The van der Waals surface area contributed by atoms with E-state index in [1.54, 1.807) is 12.1 Å². The molecule has 1 atom stereocenters. The van der Waals surface area contributed by atoms with Crippen LogP contribution in [0.15, 0.2) is 29.2 Å². The molecule has 1 rings (SSSR count). The van der Waals surface area contributed by atoms with Crippen LogP contribution in [-0.4, -0.2) is 37.4 Å². The highest BCUT2D eigenvalue weighted by Gasteiger charge is 2.12. The third kappa shape index (κ3) is 5.75. The Morgan fingerprint density at radius 1 is 1.50 bits per heavy atom. The maximum absolute atomic E-state index is 10.9. The van der Waals surface area contributed by atoms with Crippen molar-refractivity contribution in [1.29, 1.82) is 0 Å². The standard InChI is InChI=1S/C10H13ClO3S2/c1-16(13,14)7-9(12)6-15-10-4-2-3-8(11)5-10/h2-5,9,12H,6-7H2,1H3. The van der Waals surface area contributed by atoms with Crippen molar-refractivity contribution in [3.05, 3.63) is 29.3 Å². The van der Waals surface area contributed by atoms with Crippen molar-refractivity contribution in [2.45, 2.75) is 11.0 Å². The van der Waals surface area contributed by atoms with Crippen LogP contribution in [0.4, 0.5) is 0 Å². The number of hydrogen-bond acceptors (Lipinski definition) is 4. The fourth-order valence-corrected chi connectivity index (χ4v) is 3.26. The zero-order valence-electron chi connectivity index (χ0n) is 8.76. The summed E-state index contributed by atoms with van der Waals surface area (Å²) in [6, 6.07) is 7.22. The molecule has 6 heteroatoms. The summed E-state index contributed by atoms with van der Waals surface area (Å²) < 4.78 is 21.8. The van der Waals surface area contributed by atoms with Crippen molar-refractivity contribution < 1.29 is 13.5 Å². The summed E-state index contributed by atoms with van der Waals surface area (Å²) >= 11 is 7.18. The van der Waals surface area contributed by atoms with Gasteiger partial charge in [-0.2, -0.15) is 0 Å². The van der Waals surface area contributed by atoms with Crippen LogP contribution in [0.1, 0.15) is 0 Å². The first kappa shape index (κ1) is 13.8. The molecule has 1 aromatic carbocycles. The summed E-state index contributed by atoms with van der Waals surface area (Å²) in [5.41, 5.74) is 0. The van der Waals surface area contributed by atoms with Crippen molar-refractivity contribution in [3.8, 4) is 0 Å². The van der Waals surface area contributed by atoms with Gasteiger partial charge in [0.25, 0.3) is 0 Å². The molecule has 0 spiro atoms. The predicted molar refractivity (Wildman–Crippen MR) is 67.9 cm³/mol. The van der Waals surface area contributed by atoms with Crippen molar-refractivity contribution in [2.24, 2.45) is 0 Å². The molecule has 0 amide bonds. The molecular weight excluding hydrogens is 268 g/mol. The molecule has 0 heterocycles. The molecule has 0 saturated carbocycles. The molecule has 16 heavy (non-hydrogen) atoms. The highest BCUT2D eigenvalue weighted by Crippen LogP contribution is 2.22. The Bertz CT molecular complexity index is 445. The SMILES string of the molecule is CS(=O)(=O)CC(O)CSc1cccc(Cl)c1. The van der Waals surface area contributed by atoms with E-state index in [2.05, 4.69) is 0 Å². The molecule has 0 saturated heterocycles. The van der Waals surface area contributed by atoms with Crippen LogP contribution in [-0.2, 0) is 9.84 Å². The molecule has 90 valence electrons. The molecule has 0 aromatic heterocycles. The average Bonchev–Trinajstić information content (AvgIpc) is 2.12. The Labute approximate surface area is 105 Å². The largest absolute Gasteiger partial charge is 0.391 e. The van der Waals surface area contributed by atoms with Gasteiger partial charge in [0.05, 0.1) is 11.9 Å². The van der Waals surface area contributed by atoms with Gasteiger partial charge in [-0.25, -0.2) is 8.42 Å². The molecule has 3 nitrogen and oxygen atoms in total. The lowest BCUT2D eigenvalue weighted by Crippen LogP contribution is -2.21. The molecular formula is C10H13ClO3S2. The van der Waals surface area contributed by atoms with Crippen LogP contribution in [0.25, 0.3) is 0 Å². The van der Waals surface area contributed by atoms with Crippen LogP contribution < -0.4 is 0 Å².